The van der Waals surface area contributed by atoms with Crippen LogP contribution in [0.2, 0.25) is 0 Å². The highest BCUT2D eigenvalue weighted by molar-refractivity contribution is 6.58. The van der Waals surface area contributed by atoms with Crippen LogP contribution in [-0.4, -0.2) is 47.2 Å². The van der Waals surface area contributed by atoms with Gasteiger partial charge in [0.1, 0.15) is 11.6 Å². The normalized spacial score (nSPS) is 11.6. The van der Waals surface area contributed by atoms with E-state index in [1.807, 2.05) is 32.0 Å². The number of hydrogen-bond donors (Lipinski definition) is 4. The van der Waals surface area contributed by atoms with Crippen LogP contribution in [-0.2, 0) is 27.3 Å². The van der Waals surface area contributed by atoms with Crippen molar-refractivity contribution in [2.24, 2.45) is 0 Å². The molecule has 0 aliphatic rings. The fourth-order valence-corrected chi connectivity index (χ4v) is 3.26. The lowest BCUT2D eigenvalue weighted by Crippen LogP contribution is -2.44. The molecule has 7 nitrogen and oxygen atoms in total. The lowest BCUT2D eigenvalue weighted by Gasteiger charge is -2.24. The van der Waals surface area contributed by atoms with E-state index in [1.54, 1.807) is 45.0 Å². The van der Waals surface area contributed by atoms with Gasteiger partial charge in [0.05, 0.1) is 0 Å². The van der Waals surface area contributed by atoms with E-state index in [2.05, 4.69) is 22.8 Å². The lowest BCUT2D eigenvalue weighted by atomic mass is 9.80. The van der Waals surface area contributed by atoms with Gasteiger partial charge in [0.25, 0.3) is 0 Å². The minimum Gasteiger partial charge on any atom is -0.458 e. The third-order valence-electron chi connectivity index (χ3n) is 4.96. The van der Waals surface area contributed by atoms with Gasteiger partial charge in [0, 0.05) is 13.0 Å². The molecule has 0 bridgehead atoms. The summed E-state index contributed by atoms with van der Waals surface area (Å²) in [5.41, 5.74) is 1.85. The van der Waals surface area contributed by atoms with Gasteiger partial charge in [-0.3, -0.25) is 4.79 Å². The molecule has 0 saturated heterocycles. The molecule has 0 saturated carbocycles. The van der Waals surface area contributed by atoms with Crippen LogP contribution in [0.3, 0.4) is 0 Å². The van der Waals surface area contributed by atoms with E-state index in [0.717, 1.165) is 12.1 Å². The van der Waals surface area contributed by atoms with Gasteiger partial charge in [-0.1, -0.05) is 68.4 Å². The number of benzene rings is 2. The summed E-state index contributed by atoms with van der Waals surface area (Å²) in [5, 5.41) is 24.5. The fourth-order valence-electron chi connectivity index (χ4n) is 3.26. The van der Waals surface area contributed by atoms with Crippen LogP contribution in [0.1, 0.15) is 65.0 Å². The Bertz CT molecular complexity index is 867. The first-order valence-corrected chi connectivity index (χ1v) is 12.4. The molecular weight excluding hydrogens is 443 g/mol. The number of carbonyl (C=O) groups excluding carboxylic acids is 2. The van der Waals surface area contributed by atoms with Gasteiger partial charge in [0.2, 0.25) is 5.91 Å². The molecule has 8 heteroatoms. The molecule has 0 aliphatic carbocycles. The quantitative estimate of drug-likeness (QED) is 0.210. The fraction of sp³-hybridized carbons (Fsp3) is 0.481. The van der Waals surface area contributed by atoms with Gasteiger partial charge in [0.15, 0.2) is 0 Å². The van der Waals surface area contributed by atoms with Gasteiger partial charge >= 0.3 is 13.1 Å². The van der Waals surface area contributed by atoms with Crippen molar-refractivity contribution >= 4 is 24.5 Å². The zero-order chi connectivity index (χ0) is 26.3. The Balaban J connectivity index is 0.00000298. The average molecular weight is 484 g/mol. The predicted octanol–water partition coefficient (Wildman–Crippen LogP) is 2.72. The van der Waals surface area contributed by atoms with Crippen molar-refractivity contribution in [1.29, 1.82) is 0 Å². The van der Waals surface area contributed by atoms with E-state index < -0.39 is 24.7 Å². The molecule has 35 heavy (non-hydrogen) atoms. The van der Waals surface area contributed by atoms with Crippen LogP contribution in [0.4, 0.5) is 0 Å². The highest BCUT2D eigenvalue weighted by Crippen LogP contribution is 2.11. The second-order valence-electron chi connectivity index (χ2n) is 9.07. The molecule has 4 N–H and O–H groups in total. The van der Waals surface area contributed by atoms with E-state index in [9.17, 15) is 19.6 Å². The number of nitrogens with one attached hydrogen (secondary N) is 2. The molecule has 1 unspecified atom stereocenters. The molecule has 1 atom stereocenters. The highest BCUT2D eigenvalue weighted by atomic mass is 16.6. The Kier molecular flexibility index (Phi) is 13.9. The van der Waals surface area contributed by atoms with E-state index in [1.165, 1.54) is 5.56 Å². The molecule has 2 aromatic rings. The summed E-state index contributed by atoms with van der Waals surface area (Å²) in [4.78, 5) is 25.2. The summed E-state index contributed by atoms with van der Waals surface area (Å²) >= 11 is 0. The first kappa shape index (κ1) is 30.4. The first-order valence-electron chi connectivity index (χ1n) is 12.4. The first-order chi connectivity index (χ1) is 16.6. The molecule has 0 aromatic heterocycles. The number of hydrogen-bond acceptors (Lipinski definition) is 6. The van der Waals surface area contributed by atoms with Crippen molar-refractivity contribution in [2.45, 2.75) is 78.5 Å². The molecule has 192 valence electrons. The molecule has 0 heterocycles. The highest BCUT2D eigenvalue weighted by Gasteiger charge is 2.26. The Labute approximate surface area is 210 Å². The van der Waals surface area contributed by atoms with Gasteiger partial charge in [-0.2, -0.15) is 0 Å². The van der Waals surface area contributed by atoms with Crippen molar-refractivity contribution in [2.75, 3.05) is 6.54 Å². The summed E-state index contributed by atoms with van der Waals surface area (Å²) in [5.74, 6) is -0.658. The van der Waals surface area contributed by atoms with Crippen LogP contribution in [0, 0.1) is 0 Å². The second kappa shape index (κ2) is 16.1. The maximum absolute atomic E-state index is 12.7. The van der Waals surface area contributed by atoms with E-state index in [4.69, 9.17) is 4.74 Å². The number of ether oxygens (including phenoxy) is 1. The molecule has 1 amide bonds. The van der Waals surface area contributed by atoms with Crippen LogP contribution < -0.4 is 16.1 Å². The monoisotopic (exact) mass is 484 g/mol. The summed E-state index contributed by atoms with van der Waals surface area (Å²) in [7, 11) is -1.51. The minimum atomic E-state index is -1.51. The number of aryl methyl sites for hydroxylation is 1. The Hall–Kier alpha value is -2.68. The van der Waals surface area contributed by atoms with E-state index in [-0.39, 0.29) is 12.3 Å². The minimum absolute atomic E-state index is 0.215. The SMILES string of the molecule is CC.CC(C)(C)OC(=O)C(CCCNCc1ccccc1)NC(=O)CCc1ccc(B(O)O)cc1. The van der Waals surface area contributed by atoms with Crippen molar-refractivity contribution in [3.63, 3.8) is 0 Å². The number of esters is 1. The van der Waals surface area contributed by atoms with Crippen molar-refractivity contribution in [3.05, 3.63) is 65.7 Å². The molecule has 0 radical (unpaired) electrons. The van der Waals surface area contributed by atoms with Crippen LogP contribution >= 0.6 is 0 Å². The zero-order valence-electron chi connectivity index (χ0n) is 21.7. The summed E-state index contributed by atoms with van der Waals surface area (Å²) in [6.45, 7) is 10.9. The molecule has 0 fully saturated rings. The molecule has 2 rings (SSSR count). The van der Waals surface area contributed by atoms with Crippen LogP contribution in [0.15, 0.2) is 54.6 Å². The maximum atomic E-state index is 12.7. The van der Waals surface area contributed by atoms with Gasteiger partial charge in [-0.15, -0.1) is 0 Å². The Morgan fingerprint density at radius 1 is 0.971 bits per heavy atom. The van der Waals surface area contributed by atoms with E-state index in [0.29, 0.717) is 31.3 Å². The molecule has 2 aromatic carbocycles. The molecular formula is C27H41BN2O5. The summed E-state index contributed by atoms with van der Waals surface area (Å²) < 4.78 is 5.50. The van der Waals surface area contributed by atoms with E-state index >= 15 is 0 Å². The third-order valence-corrected chi connectivity index (χ3v) is 4.96. The standard InChI is InChI=1S/C25H35BN2O5.C2H6/c1-25(2,3)33-24(30)22(10-7-17-27-18-20-8-5-4-6-9-20)28-23(29)16-13-19-11-14-21(15-12-19)26(31)32;1-2/h4-6,8-9,11-12,14-15,22,27,31-32H,7,10,13,16-18H2,1-3H3,(H,28,29);1-2H3. The second-order valence-corrected chi connectivity index (χ2v) is 9.07. The maximum Gasteiger partial charge on any atom is 0.488 e. The van der Waals surface area contributed by atoms with Crippen molar-refractivity contribution < 1.29 is 24.4 Å². The van der Waals surface area contributed by atoms with Gasteiger partial charge in [-0.25, -0.2) is 4.79 Å². The third kappa shape index (κ3) is 13.1. The number of rotatable bonds is 12. The average Bonchev–Trinajstić information content (AvgIpc) is 2.83. The summed E-state index contributed by atoms with van der Waals surface area (Å²) in [6.07, 6.45) is 1.88. The number of carbonyl (C=O) groups is 2. The van der Waals surface area contributed by atoms with Crippen molar-refractivity contribution in [3.8, 4) is 0 Å². The topological polar surface area (TPSA) is 108 Å². The zero-order valence-corrected chi connectivity index (χ0v) is 21.7. The van der Waals surface area contributed by atoms with Gasteiger partial charge < -0.3 is 25.4 Å². The van der Waals surface area contributed by atoms with Crippen LogP contribution in [0.5, 0.6) is 0 Å². The molecule has 0 aliphatic heterocycles. The lowest BCUT2D eigenvalue weighted by molar-refractivity contribution is -0.158. The van der Waals surface area contributed by atoms with Crippen LogP contribution in [0.25, 0.3) is 0 Å². The smallest absolute Gasteiger partial charge is 0.458 e. The predicted molar refractivity (Wildman–Crippen MR) is 141 cm³/mol. The Morgan fingerprint density at radius 2 is 1.60 bits per heavy atom. The van der Waals surface area contributed by atoms with Gasteiger partial charge in [-0.05, 0) is 63.2 Å². The Morgan fingerprint density at radius 3 is 2.17 bits per heavy atom. The largest absolute Gasteiger partial charge is 0.488 e. The summed E-state index contributed by atoms with van der Waals surface area (Å²) in [6, 6.07) is 16.1. The van der Waals surface area contributed by atoms with Crippen molar-refractivity contribution in [1.82, 2.24) is 10.6 Å². The molecule has 0 spiro atoms. The number of amides is 1.